The van der Waals surface area contributed by atoms with Gasteiger partial charge < -0.3 is 5.11 Å². The lowest BCUT2D eigenvalue weighted by Gasteiger charge is -2.13. The molecule has 2 aromatic rings. The Morgan fingerprint density at radius 1 is 1.28 bits per heavy atom. The van der Waals surface area contributed by atoms with Gasteiger partial charge in [0.15, 0.2) is 0 Å². The van der Waals surface area contributed by atoms with E-state index in [4.69, 9.17) is 0 Å². The summed E-state index contributed by atoms with van der Waals surface area (Å²) in [5.74, 6) is -0.376. The van der Waals surface area contributed by atoms with Crippen molar-refractivity contribution < 1.29 is 9.50 Å². The van der Waals surface area contributed by atoms with E-state index < -0.39 is 6.10 Å². The van der Waals surface area contributed by atoms with Crippen molar-refractivity contribution in [2.75, 3.05) is 0 Å². The number of rotatable bonds is 3. The van der Waals surface area contributed by atoms with Crippen LogP contribution in [0.4, 0.5) is 4.39 Å². The second-order valence-electron chi connectivity index (χ2n) is 3.87. The Morgan fingerprint density at radius 2 is 2.06 bits per heavy atom. The van der Waals surface area contributed by atoms with Gasteiger partial charge in [-0.3, -0.25) is 4.98 Å². The molecule has 1 unspecified atom stereocenters. The lowest BCUT2D eigenvalue weighted by molar-refractivity contribution is 0.177. The zero-order valence-corrected chi connectivity index (χ0v) is 12.4. The van der Waals surface area contributed by atoms with Crippen molar-refractivity contribution in [2.24, 2.45) is 0 Å². The Labute approximate surface area is 121 Å². The van der Waals surface area contributed by atoms with E-state index in [-0.39, 0.29) is 5.82 Å². The van der Waals surface area contributed by atoms with Gasteiger partial charge in [0.2, 0.25) is 0 Å². The van der Waals surface area contributed by atoms with E-state index in [1.165, 1.54) is 6.07 Å². The topological polar surface area (TPSA) is 33.1 Å². The van der Waals surface area contributed by atoms with Crippen LogP contribution in [0.1, 0.15) is 17.2 Å². The quantitative estimate of drug-likeness (QED) is 0.880. The van der Waals surface area contributed by atoms with Crippen molar-refractivity contribution in [3.63, 3.8) is 0 Å². The Kier molecular flexibility index (Phi) is 4.48. The van der Waals surface area contributed by atoms with E-state index in [2.05, 4.69) is 36.8 Å². The number of pyridine rings is 1. The molecule has 0 saturated carbocycles. The van der Waals surface area contributed by atoms with E-state index in [1.54, 1.807) is 24.5 Å². The molecule has 5 heteroatoms. The van der Waals surface area contributed by atoms with Gasteiger partial charge in [-0.05, 0) is 55.1 Å². The van der Waals surface area contributed by atoms with Gasteiger partial charge in [-0.2, -0.15) is 0 Å². The molecule has 0 bridgehead atoms. The van der Waals surface area contributed by atoms with Crippen LogP contribution in [0, 0.1) is 5.82 Å². The molecule has 0 spiro atoms. The Morgan fingerprint density at radius 3 is 2.78 bits per heavy atom. The van der Waals surface area contributed by atoms with Gasteiger partial charge in [-0.25, -0.2) is 4.39 Å². The molecular formula is C13H10Br2FNO. The lowest BCUT2D eigenvalue weighted by Crippen LogP contribution is -2.04. The van der Waals surface area contributed by atoms with Crippen molar-refractivity contribution in [3.05, 3.63) is 62.5 Å². The summed E-state index contributed by atoms with van der Waals surface area (Å²) in [6.45, 7) is 0. The van der Waals surface area contributed by atoms with E-state index in [9.17, 15) is 9.50 Å². The lowest BCUT2D eigenvalue weighted by atomic mass is 10.0. The fraction of sp³-hybridized carbons (Fsp3) is 0.154. The van der Waals surface area contributed by atoms with Gasteiger partial charge >= 0.3 is 0 Å². The first-order chi connectivity index (χ1) is 8.58. The number of aliphatic hydroxyl groups excluding tert-OH is 1. The summed E-state index contributed by atoms with van der Waals surface area (Å²) in [5, 5.41) is 10.1. The molecule has 1 atom stereocenters. The molecule has 0 aliphatic carbocycles. The van der Waals surface area contributed by atoms with Crippen LogP contribution in [0.5, 0.6) is 0 Å². The van der Waals surface area contributed by atoms with Crippen LogP contribution in [0.3, 0.4) is 0 Å². The molecule has 0 aliphatic rings. The standard InChI is InChI=1S/C13H10Br2FNO/c14-9-4-8(6-17-7-9)5-12(18)10-2-1-3-11(16)13(10)15/h1-4,6-7,12,18H,5H2. The van der Waals surface area contributed by atoms with Gasteiger partial charge in [0.05, 0.1) is 10.6 Å². The van der Waals surface area contributed by atoms with Crippen LogP contribution < -0.4 is 0 Å². The van der Waals surface area contributed by atoms with Crippen LogP contribution in [0.15, 0.2) is 45.6 Å². The normalized spacial score (nSPS) is 12.4. The second kappa shape index (κ2) is 5.91. The summed E-state index contributed by atoms with van der Waals surface area (Å²) in [6.07, 6.45) is 2.97. The highest BCUT2D eigenvalue weighted by Gasteiger charge is 2.14. The molecule has 0 radical (unpaired) electrons. The largest absolute Gasteiger partial charge is 0.388 e. The minimum atomic E-state index is -0.772. The molecule has 2 rings (SSSR count). The van der Waals surface area contributed by atoms with E-state index in [0.717, 1.165) is 10.0 Å². The molecule has 0 fully saturated rings. The number of aliphatic hydroxyl groups is 1. The first-order valence-electron chi connectivity index (χ1n) is 5.29. The predicted molar refractivity (Wildman–Crippen MR) is 74.7 cm³/mol. The molecule has 0 amide bonds. The highest BCUT2D eigenvalue weighted by Crippen LogP contribution is 2.28. The molecule has 1 aromatic heterocycles. The van der Waals surface area contributed by atoms with E-state index >= 15 is 0 Å². The molecule has 18 heavy (non-hydrogen) atoms. The van der Waals surface area contributed by atoms with Crippen molar-refractivity contribution in [3.8, 4) is 0 Å². The first kappa shape index (κ1) is 13.6. The van der Waals surface area contributed by atoms with Crippen molar-refractivity contribution in [1.82, 2.24) is 4.98 Å². The summed E-state index contributed by atoms with van der Waals surface area (Å²) in [7, 11) is 0. The average Bonchev–Trinajstić information content (AvgIpc) is 2.32. The van der Waals surface area contributed by atoms with Crippen LogP contribution in [-0.4, -0.2) is 10.1 Å². The zero-order valence-electron chi connectivity index (χ0n) is 9.28. The minimum Gasteiger partial charge on any atom is -0.388 e. The summed E-state index contributed by atoms with van der Waals surface area (Å²) >= 11 is 6.47. The van der Waals surface area contributed by atoms with Crippen molar-refractivity contribution in [1.29, 1.82) is 0 Å². The summed E-state index contributed by atoms with van der Waals surface area (Å²) < 4.78 is 14.5. The maximum absolute atomic E-state index is 13.4. The molecular weight excluding hydrogens is 365 g/mol. The molecule has 1 heterocycles. The number of benzene rings is 1. The number of halogens is 3. The van der Waals surface area contributed by atoms with Gasteiger partial charge in [0.25, 0.3) is 0 Å². The van der Waals surface area contributed by atoms with Crippen LogP contribution in [0.25, 0.3) is 0 Å². The molecule has 1 N–H and O–H groups in total. The summed E-state index contributed by atoms with van der Waals surface area (Å²) in [4.78, 5) is 4.03. The average molecular weight is 375 g/mol. The molecule has 0 saturated heterocycles. The fourth-order valence-electron chi connectivity index (χ4n) is 1.68. The molecule has 2 nitrogen and oxygen atoms in total. The third kappa shape index (κ3) is 3.16. The zero-order chi connectivity index (χ0) is 13.1. The Balaban J connectivity index is 2.22. The number of nitrogens with zero attached hydrogens (tertiary/aromatic N) is 1. The van der Waals surface area contributed by atoms with Crippen LogP contribution in [0.2, 0.25) is 0 Å². The third-order valence-corrected chi connectivity index (χ3v) is 3.80. The third-order valence-electron chi connectivity index (χ3n) is 2.53. The van der Waals surface area contributed by atoms with E-state index in [1.807, 2.05) is 6.07 Å². The maximum Gasteiger partial charge on any atom is 0.137 e. The molecule has 1 aromatic carbocycles. The summed E-state index contributed by atoms with van der Waals surface area (Å²) in [6, 6.07) is 6.51. The predicted octanol–water partition coefficient (Wildman–Crippen LogP) is 4.02. The second-order valence-corrected chi connectivity index (χ2v) is 5.58. The minimum absolute atomic E-state index is 0.306. The highest BCUT2D eigenvalue weighted by molar-refractivity contribution is 9.10. The van der Waals surface area contributed by atoms with Gasteiger partial charge in [0.1, 0.15) is 5.82 Å². The van der Waals surface area contributed by atoms with E-state index in [0.29, 0.717) is 16.5 Å². The SMILES string of the molecule is OC(Cc1cncc(Br)c1)c1cccc(F)c1Br. The Hall–Kier alpha value is -0.780. The van der Waals surface area contributed by atoms with Gasteiger partial charge in [0, 0.05) is 23.3 Å². The number of hydrogen-bond donors (Lipinski definition) is 1. The number of aromatic nitrogens is 1. The molecule has 94 valence electrons. The number of hydrogen-bond acceptors (Lipinski definition) is 2. The van der Waals surface area contributed by atoms with Gasteiger partial charge in [-0.15, -0.1) is 0 Å². The summed E-state index contributed by atoms with van der Waals surface area (Å²) in [5.41, 5.74) is 1.42. The fourth-order valence-corrected chi connectivity index (χ4v) is 2.62. The van der Waals surface area contributed by atoms with Crippen molar-refractivity contribution in [2.45, 2.75) is 12.5 Å². The maximum atomic E-state index is 13.4. The van der Waals surface area contributed by atoms with Gasteiger partial charge in [-0.1, -0.05) is 12.1 Å². The van der Waals surface area contributed by atoms with Crippen LogP contribution >= 0.6 is 31.9 Å². The monoisotopic (exact) mass is 373 g/mol. The smallest absolute Gasteiger partial charge is 0.137 e. The first-order valence-corrected chi connectivity index (χ1v) is 6.88. The van der Waals surface area contributed by atoms with Crippen LogP contribution in [-0.2, 0) is 6.42 Å². The Bertz CT molecular complexity index is 562. The highest BCUT2D eigenvalue weighted by atomic mass is 79.9. The van der Waals surface area contributed by atoms with Crippen molar-refractivity contribution >= 4 is 31.9 Å². The molecule has 0 aliphatic heterocycles.